The lowest BCUT2D eigenvalue weighted by atomic mass is 10.2. The Labute approximate surface area is 52.5 Å². The van der Waals surface area contributed by atoms with Gasteiger partial charge in [-0.05, 0) is 6.92 Å². The smallest absolute Gasteiger partial charge is 0.251 e. The van der Waals surface area contributed by atoms with E-state index in [2.05, 4.69) is 5.32 Å². The summed E-state index contributed by atoms with van der Waals surface area (Å²) in [6.07, 6.45) is -2.18. The van der Waals surface area contributed by atoms with Crippen LogP contribution in [0.3, 0.4) is 0 Å². The molecular weight excluding hydrogens is 122 g/mol. The van der Waals surface area contributed by atoms with Crippen LogP contribution < -0.4 is 5.32 Å². The van der Waals surface area contributed by atoms with Gasteiger partial charge in [0.2, 0.25) is 0 Å². The van der Waals surface area contributed by atoms with Crippen LogP contribution in [-0.4, -0.2) is 34.4 Å². The number of hydrogen-bond acceptors (Lipinski definition) is 3. The van der Waals surface area contributed by atoms with Crippen molar-refractivity contribution in [3.8, 4) is 0 Å². The van der Waals surface area contributed by atoms with Crippen LogP contribution in [0.1, 0.15) is 6.92 Å². The normalized spacial score (nSPS) is 43.0. The number of amides is 1. The molecule has 0 spiro atoms. The summed E-state index contributed by atoms with van der Waals surface area (Å²) in [6.45, 7) is 1.64. The average Bonchev–Trinajstić information content (AvgIpc) is 1.98. The van der Waals surface area contributed by atoms with Crippen molar-refractivity contribution in [3.63, 3.8) is 0 Å². The van der Waals surface area contributed by atoms with E-state index in [-0.39, 0.29) is 6.04 Å². The Hall–Kier alpha value is -0.610. The van der Waals surface area contributed by atoms with Gasteiger partial charge in [0.05, 0.1) is 6.04 Å². The molecule has 1 fully saturated rings. The highest BCUT2D eigenvalue weighted by Gasteiger charge is 2.36. The topological polar surface area (TPSA) is 69.6 Å². The monoisotopic (exact) mass is 131 g/mol. The molecule has 0 bridgehead atoms. The van der Waals surface area contributed by atoms with Crippen LogP contribution in [0.25, 0.3) is 0 Å². The molecule has 9 heavy (non-hydrogen) atoms. The summed E-state index contributed by atoms with van der Waals surface area (Å²) in [5.41, 5.74) is 0. The zero-order valence-electron chi connectivity index (χ0n) is 5.03. The third-order valence-corrected chi connectivity index (χ3v) is 1.47. The first-order chi connectivity index (χ1) is 4.13. The van der Waals surface area contributed by atoms with E-state index in [1.54, 1.807) is 6.92 Å². The number of carbonyl (C=O) groups is 1. The molecule has 4 nitrogen and oxygen atoms in total. The molecule has 4 heteroatoms. The second-order valence-corrected chi connectivity index (χ2v) is 2.23. The number of rotatable bonds is 0. The molecule has 0 aliphatic carbocycles. The summed E-state index contributed by atoms with van der Waals surface area (Å²) in [5.74, 6) is -0.491. The molecule has 0 saturated carbocycles. The van der Waals surface area contributed by atoms with Crippen LogP contribution in [0.15, 0.2) is 0 Å². The van der Waals surface area contributed by atoms with Crippen molar-refractivity contribution in [2.75, 3.05) is 0 Å². The summed E-state index contributed by atoms with van der Waals surface area (Å²) in [5, 5.41) is 20.1. The maximum Gasteiger partial charge on any atom is 0.251 e. The van der Waals surface area contributed by atoms with Gasteiger partial charge in [-0.1, -0.05) is 0 Å². The van der Waals surface area contributed by atoms with E-state index in [1.807, 2.05) is 0 Å². The molecule has 52 valence electrons. The van der Waals surface area contributed by atoms with Crippen LogP contribution in [0.5, 0.6) is 0 Å². The molecule has 1 heterocycles. The van der Waals surface area contributed by atoms with Gasteiger partial charge in [-0.25, -0.2) is 0 Å². The Balaban J connectivity index is 2.65. The van der Waals surface area contributed by atoms with Crippen molar-refractivity contribution in [2.45, 2.75) is 25.2 Å². The molecule has 3 N–H and O–H groups in total. The van der Waals surface area contributed by atoms with Crippen LogP contribution in [0.4, 0.5) is 0 Å². The van der Waals surface area contributed by atoms with Gasteiger partial charge in [0.15, 0.2) is 6.10 Å². The zero-order chi connectivity index (χ0) is 7.02. The Bertz CT molecular complexity index is 136. The van der Waals surface area contributed by atoms with Gasteiger partial charge in [0.1, 0.15) is 6.10 Å². The van der Waals surface area contributed by atoms with Crippen molar-refractivity contribution in [1.29, 1.82) is 0 Å². The van der Waals surface area contributed by atoms with Gasteiger partial charge in [0, 0.05) is 0 Å². The minimum atomic E-state index is -1.24. The number of hydrogen-bond donors (Lipinski definition) is 3. The SMILES string of the molecule is CC1NC(=O)C(O)C1O. The third-order valence-electron chi connectivity index (χ3n) is 1.47. The fraction of sp³-hybridized carbons (Fsp3) is 0.800. The van der Waals surface area contributed by atoms with Crippen LogP contribution in [0.2, 0.25) is 0 Å². The Morgan fingerprint density at radius 2 is 2.11 bits per heavy atom. The van der Waals surface area contributed by atoms with Crippen molar-refractivity contribution >= 4 is 5.91 Å². The van der Waals surface area contributed by atoms with Crippen LogP contribution >= 0.6 is 0 Å². The fourth-order valence-corrected chi connectivity index (χ4v) is 0.824. The first kappa shape index (κ1) is 6.51. The average molecular weight is 131 g/mol. The van der Waals surface area contributed by atoms with Gasteiger partial charge in [-0.15, -0.1) is 0 Å². The second-order valence-electron chi connectivity index (χ2n) is 2.23. The summed E-state index contributed by atoms with van der Waals surface area (Å²) >= 11 is 0. The molecule has 0 radical (unpaired) electrons. The molecule has 1 amide bonds. The van der Waals surface area contributed by atoms with E-state index in [1.165, 1.54) is 0 Å². The van der Waals surface area contributed by atoms with Crippen molar-refractivity contribution in [1.82, 2.24) is 5.32 Å². The maximum atomic E-state index is 10.5. The minimum Gasteiger partial charge on any atom is -0.388 e. The summed E-state index contributed by atoms with van der Waals surface area (Å²) < 4.78 is 0. The van der Waals surface area contributed by atoms with Crippen molar-refractivity contribution in [2.24, 2.45) is 0 Å². The highest BCUT2D eigenvalue weighted by molar-refractivity contribution is 5.84. The Morgan fingerprint density at radius 3 is 2.22 bits per heavy atom. The Kier molecular flexibility index (Phi) is 1.42. The molecule has 1 rings (SSSR count). The van der Waals surface area contributed by atoms with Gasteiger partial charge in [0.25, 0.3) is 5.91 Å². The van der Waals surface area contributed by atoms with Crippen LogP contribution in [-0.2, 0) is 4.79 Å². The zero-order valence-corrected chi connectivity index (χ0v) is 5.03. The number of nitrogens with one attached hydrogen (secondary N) is 1. The van der Waals surface area contributed by atoms with Crippen molar-refractivity contribution < 1.29 is 15.0 Å². The van der Waals surface area contributed by atoms with Gasteiger partial charge in [-0.3, -0.25) is 4.79 Å². The predicted octanol–water partition coefficient (Wildman–Crippen LogP) is -1.77. The first-order valence-corrected chi connectivity index (χ1v) is 2.79. The lowest BCUT2D eigenvalue weighted by Crippen LogP contribution is -2.29. The standard InChI is InChI=1S/C5H9NO3/c1-2-3(7)4(8)5(9)6-2/h2-4,7-8H,1H3,(H,6,9). The second kappa shape index (κ2) is 1.97. The van der Waals surface area contributed by atoms with Gasteiger partial charge >= 0.3 is 0 Å². The highest BCUT2D eigenvalue weighted by Crippen LogP contribution is 2.07. The quantitative estimate of drug-likeness (QED) is 0.364. The summed E-state index contributed by atoms with van der Waals surface area (Å²) in [4.78, 5) is 10.5. The summed E-state index contributed by atoms with van der Waals surface area (Å²) in [7, 11) is 0. The number of aliphatic hydroxyl groups is 2. The molecule has 1 aliphatic heterocycles. The number of carbonyl (C=O) groups excluding carboxylic acids is 1. The van der Waals surface area contributed by atoms with E-state index in [0.29, 0.717) is 0 Å². The number of aliphatic hydroxyl groups excluding tert-OH is 2. The lowest BCUT2D eigenvalue weighted by molar-refractivity contribution is -0.128. The van der Waals surface area contributed by atoms with E-state index in [4.69, 9.17) is 10.2 Å². The largest absolute Gasteiger partial charge is 0.388 e. The van der Waals surface area contributed by atoms with E-state index in [0.717, 1.165) is 0 Å². The lowest BCUT2D eigenvalue weighted by Gasteiger charge is -2.06. The molecular formula is C5H9NO3. The van der Waals surface area contributed by atoms with Crippen LogP contribution in [0, 0.1) is 0 Å². The van der Waals surface area contributed by atoms with Gasteiger partial charge in [-0.2, -0.15) is 0 Å². The molecule has 3 unspecified atom stereocenters. The van der Waals surface area contributed by atoms with Crippen molar-refractivity contribution in [3.05, 3.63) is 0 Å². The molecule has 0 aromatic rings. The Morgan fingerprint density at radius 1 is 1.56 bits per heavy atom. The highest BCUT2D eigenvalue weighted by atomic mass is 16.3. The molecule has 0 aromatic heterocycles. The molecule has 3 atom stereocenters. The minimum absolute atomic E-state index is 0.326. The van der Waals surface area contributed by atoms with E-state index in [9.17, 15) is 4.79 Å². The van der Waals surface area contributed by atoms with E-state index >= 15 is 0 Å². The molecule has 0 aromatic carbocycles. The summed E-state index contributed by atoms with van der Waals surface area (Å²) in [6, 6.07) is -0.326. The fourth-order valence-electron chi connectivity index (χ4n) is 0.824. The molecule has 1 aliphatic rings. The predicted molar refractivity (Wildman–Crippen MR) is 29.6 cm³/mol. The van der Waals surface area contributed by atoms with Gasteiger partial charge < -0.3 is 15.5 Å². The first-order valence-electron chi connectivity index (χ1n) is 2.79. The molecule has 1 saturated heterocycles. The third kappa shape index (κ3) is 0.906. The van der Waals surface area contributed by atoms with E-state index < -0.39 is 18.1 Å². The maximum absolute atomic E-state index is 10.5.